The van der Waals surface area contributed by atoms with Crippen molar-refractivity contribution in [2.45, 2.75) is 56.2 Å². The summed E-state index contributed by atoms with van der Waals surface area (Å²) in [6.45, 7) is 18.0. The molecule has 0 unspecified atom stereocenters. The van der Waals surface area contributed by atoms with Crippen molar-refractivity contribution < 1.29 is 4.74 Å². The monoisotopic (exact) mass is 340 g/mol. The zero-order chi connectivity index (χ0) is 14.9. The molecule has 0 N–H and O–H groups in total. The van der Waals surface area contributed by atoms with Gasteiger partial charge in [-0.15, -0.1) is 0 Å². The molecule has 0 saturated heterocycles. The average Bonchev–Trinajstić information content (AvgIpc) is 2.37. The van der Waals surface area contributed by atoms with Crippen LogP contribution in [0.25, 0.3) is 0 Å². The summed E-state index contributed by atoms with van der Waals surface area (Å²) in [5.41, 5.74) is 3.42. The van der Waals surface area contributed by atoms with E-state index in [2.05, 4.69) is 63.4 Å². The zero-order valence-electron chi connectivity index (χ0n) is 13.6. The Hall–Kier alpha value is -0.400. The fraction of sp³-hybridized carbons (Fsp3) is 0.625. The van der Waals surface area contributed by atoms with Crippen LogP contribution in [0.2, 0.25) is 35.4 Å². The van der Waals surface area contributed by atoms with Gasteiger partial charge >= 0.3 is 124 Å². The van der Waals surface area contributed by atoms with Crippen molar-refractivity contribution in [3.8, 4) is 11.5 Å². The van der Waals surface area contributed by atoms with Gasteiger partial charge in [0.25, 0.3) is 0 Å². The molecule has 0 heterocycles. The van der Waals surface area contributed by atoms with Crippen molar-refractivity contribution in [2.24, 2.45) is 0 Å². The standard InChI is InChI=1S/C16H30GeOSi/c1-8-13-18-16(12-14-19(5,6)7)15-17(9-2,10-3)11-4/h8,15H,1,9-11,13H2,2-7H3/b16-15-. The van der Waals surface area contributed by atoms with Crippen molar-refractivity contribution >= 4 is 21.3 Å². The molecule has 0 aromatic rings. The van der Waals surface area contributed by atoms with E-state index < -0.39 is 21.3 Å². The van der Waals surface area contributed by atoms with E-state index in [1.807, 2.05) is 0 Å². The second kappa shape index (κ2) is 8.71. The fourth-order valence-electron chi connectivity index (χ4n) is 1.85. The van der Waals surface area contributed by atoms with Crippen molar-refractivity contribution in [1.29, 1.82) is 0 Å². The molecule has 0 aromatic heterocycles. The third-order valence-corrected chi connectivity index (χ3v) is 15.0. The molecule has 0 atom stereocenters. The van der Waals surface area contributed by atoms with Crippen LogP contribution in [0.1, 0.15) is 20.8 Å². The average molecular weight is 339 g/mol. The maximum atomic E-state index is 5.79. The molecule has 0 aromatic carbocycles. The first kappa shape index (κ1) is 18.6. The van der Waals surface area contributed by atoms with E-state index in [1.54, 1.807) is 6.08 Å². The van der Waals surface area contributed by atoms with Gasteiger partial charge in [0, 0.05) is 0 Å². The molecule has 0 bridgehead atoms. The van der Waals surface area contributed by atoms with E-state index in [9.17, 15) is 0 Å². The summed E-state index contributed by atoms with van der Waals surface area (Å²) in [4.78, 5) is 2.43. The Balaban J connectivity index is 5.31. The molecule has 0 aliphatic heterocycles. The molecule has 0 aliphatic carbocycles. The van der Waals surface area contributed by atoms with Crippen LogP contribution >= 0.6 is 0 Å². The van der Waals surface area contributed by atoms with Crippen molar-refractivity contribution in [2.75, 3.05) is 6.61 Å². The Bertz CT molecular complexity index is 356. The van der Waals surface area contributed by atoms with Crippen LogP contribution in [-0.4, -0.2) is 27.9 Å². The summed E-state index contributed by atoms with van der Waals surface area (Å²) < 4.78 is 5.79. The molecule has 0 spiro atoms. The summed E-state index contributed by atoms with van der Waals surface area (Å²) in [6.07, 6.45) is 1.79. The number of rotatable bonds is 7. The first-order chi connectivity index (χ1) is 8.82. The Morgan fingerprint density at radius 3 is 2.05 bits per heavy atom. The Morgan fingerprint density at radius 2 is 1.68 bits per heavy atom. The molecule has 1 nitrogen and oxygen atoms in total. The molecule has 19 heavy (non-hydrogen) atoms. The molecular formula is C16H30GeOSi. The van der Waals surface area contributed by atoms with E-state index in [0.29, 0.717) is 6.61 Å². The third-order valence-electron chi connectivity index (χ3n) is 3.47. The summed E-state index contributed by atoms with van der Waals surface area (Å²) in [6, 6.07) is 0. The Morgan fingerprint density at radius 1 is 1.16 bits per heavy atom. The molecule has 3 heteroatoms. The first-order valence-corrected chi connectivity index (χ1v) is 16.5. The Kier molecular flexibility index (Phi) is 8.52. The molecule has 0 saturated carbocycles. The van der Waals surface area contributed by atoms with Gasteiger partial charge in [0.2, 0.25) is 0 Å². The van der Waals surface area contributed by atoms with Crippen LogP contribution in [0.5, 0.6) is 0 Å². The van der Waals surface area contributed by atoms with Gasteiger partial charge < -0.3 is 0 Å². The topological polar surface area (TPSA) is 9.23 Å². The zero-order valence-corrected chi connectivity index (χ0v) is 16.7. The van der Waals surface area contributed by atoms with Crippen molar-refractivity contribution in [1.82, 2.24) is 0 Å². The number of hydrogen-bond donors (Lipinski definition) is 0. The molecule has 0 rings (SSSR count). The van der Waals surface area contributed by atoms with E-state index >= 15 is 0 Å². The van der Waals surface area contributed by atoms with Crippen LogP contribution < -0.4 is 0 Å². The normalized spacial score (nSPS) is 12.6. The van der Waals surface area contributed by atoms with Gasteiger partial charge in [-0.2, -0.15) is 0 Å². The second-order valence-electron chi connectivity index (χ2n) is 6.03. The van der Waals surface area contributed by atoms with E-state index in [4.69, 9.17) is 4.74 Å². The Labute approximate surface area is 123 Å². The summed E-state index contributed by atoms with van der Waals surface area (Å²) in [7, 11) is -1.35. The number of ether oxygens (including phenoxy) is 1. The van der Waals surface area contributed by atoms with Gasteiger partial charge in [-0.25, -0.2) is 0 Å². The van der Waals surface area contributed by atoms with Gasteiger partial charge in [-0.1, -0.05) is 0 Å². The maximum absolute atomic E-state index is 5.79. The molecular weight excluding hydrogens is 309 g/mol. The minimum atomic E-state index is -1.88. The minimum absolute atomic E-state index is 0.557. The summed E-state index contributed by atoms with van der Waals surface area (Å²) in [5, 5.41) is 3.92. The molecule has 0 radical (unpaired) electrons. The van der Waals surface area contributed by atoms with Crippen molar-refractivity contribution in [3.05, 3.63) is 23.3 Å². The van der Waals surface area contributed by atoms with Crippen molar-refractivity contribution in [3.63, 3.8) is 0 Å². The van der Waals surface area contributed by atoms with Crippen LogP contribution in [0.3, 0.4) is 0 Å². The summed E-state index contributed by atoms with van der Waals surface area (Å²) in [5.74, 6) is 4.21. The molecule has 0 amide bonds. The van der Waals surface area contributed by atoms with E-state index in [1.165, 1.54) is 15.8 Å². The second-order valence-corrected chi connectivity index (χ2v) is 21.6. The fourth-order valence-corrected chi connectivity index (χ4v) is 8.27. The van der Waals surface area contributed by atoms with Crippen LogP contribution in [0, 0.1) is 11.5 Å². The predicted molar refractivity (Wildman–Crippen MR) is 92.6 cm³/mol. The predicted octanol–water partition coefficient (Wildman–Crippen LogP) is 5.00. The third kappa shape index (κ3) is 7.69. The van der Waals surface area contributed by atoms with E-state index in [0.717, 1.165) is 5.76 Å². The van der Waals surface area contributed by atoms with Crippen LogP contribution in [0.15, 0.2) is 23.3 Å². The van der Waals surface area contributed by atoms with Crippen LogP contribution in [-0.2, 0) is 4.74 Å². The van der Waals surface area contributed by atoms with Gasteiger partial charge in [0.1, 0.15) is 0 Å². The van der Waals surface area contributed by atoms with Gasteiger partial charge in [0.05, 0.1) is 0 Å². The van der Waals surface area contributed by atoms with Gasteiger partial charge in [-0.05, 0) is 0 Å². The molecule has 0 fully saturated rings. The van der Waals surface area contributed by atoms with Gasteiger partial charge in [-0.3, -0.25) is 0 Å². The van der Waals surface area contributed by atoms with Crippen LogP contribution in [0.4, 0.5) is 0 Å². The first-order valence-electron chi connectivity index (χ1n) is 7.32. The molecule has 108 valence electrons. The summed E-state index contributed by atoms with van der Waals surface area (Å²) >= 11 is -1.88. The van der Waals surface area contributed by atoms with Gasteiger partial charge in [0.15, 0.2) is 0 Å². The number of allylic oxidation sites excluding steroid dienone is 1. The SMILES string of the molecule is C=CCO/C(C#C[Si](C)(C)C)=[CH]\[Ge]([CH2]C)([CH2]C)[CH2]C. The molecule has 0 aliphatic rings. The van der Waals surface area contributed by atoms with E-state index in [-0.39, 0.29) is 0 Å². The quantitative estimate of drug-likeness (QED) is 0.274. The number of hydrogen-bond acceptors (Lipinski definition) is 1.